The van der Waals surface area contributed by atoms with Crippen molar-refractivity contribution in [1.82, 2.24) is 15.2 Å². The lowest BCUT2D eigenvalue weighted by atomic mass is 10.1. The monoisotopic (exact) mass is 441 g/mol. The average molecular weight is 442 g/mol. The van der Waals surface area contributed by atoms with Crippen molar-refractivity contribution in [2.24, 2.45) is 5.73 Å². The normalized spacial score (nSPS) is 13.5. The zero-order chi connectivity index (χ0) is 22.3. The minimum atomic E-state index is -3.93. The molecular formula is C21H23N5O4S. The van der Waals surface area contributed by atoms with Gasteiger partial charge in [-0.2, -0.15) is 0 Å². The molecule has 0 unspecified atom stereocenters. The van der Waals surface area contributed by atoms with E-state index < -0.39 is 15.9 Å². The summed E-state index contributed by atoms with van der Waals surface area (Å²) >= 11 is 0. The molecule has 31 heavy (non-hydrogen) atoms. The maximum absolute atomic E-state index is 12.4. The van der Waals surface area contributed by atoms with Gasteiger partial charge >= 0.3 is 0 Å². The lowest BCUT2D eigenvalue weighted by molar-refractivity contribution is -0.119. The third-order valence-corrected chi connectivity index (χ3v) is 5.70. The highest BCUT2D eigenvalue weighted by Crippen LogP contribution is 2.11. The Hall–Kier alpha value is -3.47. The molecule has 2 amide bonds. The largest absolute Gasteiger partial charge is 0.364 e. The summed E-state index contributed by atoms with van der Waals surface area (Å²) in [6, 6.07) is 15.1. The fraction of sp³-hybridized carbons (Fsp3) is 0.143. The maximum Gasteiger partial charge on any atom is 0.263 e. The Balaban J connectivity index is 1.52. The standard InChI is InChI=1S/C21H23N5O4S/c22-13-16-8-10-19(11-9-16)31(29,30)25-24-21(28)17-5-4-12-26(14-17)15-20(27)23-18-6-2-1-3-7-18/h1-12,25H,13-15,22H2,(H,23,27)(H,24,28). The predicted octanol–water partition coefficient (Wildman–Crippen LogP) is 0.849. The van der Waals surface area contributed by atoms with Gasteiger partial charge in [0.2, 0.25) is 5.91 Å². The Morgan fingerprint density at radius 1 is 1.03 bits per heavy atom. The van der Waals surface area contributed by atoms with Crippen molar-refractivity contribution >= 4 is 27.5 Å². The topological polar surface area (TPSA) is 134 Å². The molecule has 0 spiro atoms. The molecule has 3 rings (SSSR count). The molecule has 1 aliphatic heterocycles. The molecule has 10 heteroatoms. The number of nitrogens with two attached hydrogens (primary N) is 1. The van der Waals surface area contributed by atoms with Crippen LogP contribution in [0.2, 0.25) is 0 Å². The smallest absolute Gasteiger partial charge is 0.263 e. The second-order valence-corrected chi connectivity index (χ2v) is 8.44. The molecular weight excluding hydrogens is 418 g/mol. The number of hydrogen-bond donors (Lipinski definition) is 4. The molecule has 0 fully saturated rings. The van der Waals surface area contributed by atoms with E-state index in [1.165, 1.54) is 12.1 Å². The molecule has 0 saturated carbocycles. The van der Waals surface area contributed by atoms with Crippen LogP contribution in [0.3, 0.4) is 0 Å². The van der Waals surface area contributed by atoms with Gasteiger partial charge in [0, 0.05) is 24.4 Å². The lowest BCUT2D eigenvalue weighted by Gasteiger charge is -2.23. The van der Waals surface area contributed by atoms with Crippen LogP contribution in [0.1, 0.15) is 5.56 Å². The average Bonchev–Trinajstić information content (AvgIpc) is 2.78. The molecule has 1 aliphatic rings. The molecule has 2 aromatic rings. The van der Waals surface area contributed by atoms with Gasteiger partial charge in [0.1, 0.15) is 0 Å². The van der Waals surface area contributed by atoms with Crippen molar-refractivity contribution in [3.05, 3.63) is 84.1 Å². The summed E-state index contributed by atoms with van der Waals surface area (Å²) in [5, 5.41) is 2.77. The third-order valence-electron chi connectivity index (χ3n) is 4.43. The number of sulfonamides is 1. The van der Waals surface area contributed by atoms with Gasteiger partial charge in [0.05, 0.1) is 11.4 Å². The summed E-state index contributed by atoms with van der Waals surface area (Å²) in [5.74, 6) is -0.848. The number of para-hydroxylation sites is 1. The quantitative estimate of drug-likeness (QED) is 0.449. The second kappa shape index (κ2) is 10.0. The number of carbonyl (C=O) groups is 2. The number of nitrogens with zero attached hydrogens (tertiary/aromatic N) is 1. The highest BCUT2D eigenvalue weighted by molar-refractivity contribution is 7.89. The van der Waals surface area contributed by atoms with Crippen LogP contribution in [0, 0.1) is 0 Å². The Labute approximate surface area is 180 Å². The van der Waals surface area contributed by atoms with Crippen molar-refractivity contribution in [2.75, 3.05) is 18.4 Å². The van der Waals surface area contributed by atoms with E-state index >= 15 is 0 Å². The fourth-order valence-corrected chi connectivity index (χ4v) is 3.66. The van der Waals surface area contributed by atoms with Crippen LogP contribution in [0.25, 0.3) is 0 Å². The van der Waals surface area contributed by atoms with Crippen LogP contribution >= 0.6 is 0 Å². The summed E-state index contributed by atoms with van der Waals surface area (Å²) in [6.45, 7) is 0.485. The number of rotatable bonds is 8. The summed E-state index contributed by atoms with van der Waals surface area (Å²) in [4.78, 5) is 28.4. The molecule has 0 bridgehead atoms. The van der Waals surface area contributed by atoms with Crippen molar-refractivity contribution in [3.8, 4) is 0 Å². The molecule has 5 N–H and O–H groups in total. The van der Waals surface area contributed by atoms with Crippen LogP contribution in [0.5, 0.6) is 0 Å². The molecule has 0 saturated heterocycles. The highest BCUT2D eigenvalue weighted by Gasteiger charge is 2.20. The third kappa shape index (κ3) is 6.25. The van der Waals surface area contributed by atoms with Crippen LogP contribution in [0.4, 0.5) is 5.69 Å². The zero-order valence-electron chi connectivity index (χ0n) is 16.6. The second-order valence-electron chi connectivity index (χ2n) is 6.76. The van der Waals surface area contributed by atoms with Gasteiger partial charge in [-0.05, 0) is 42.1 Å². The van der Waals surface area contributed by atoms with E-state index in [2.05, 4.69) is 15.6 Å². The number of allylic oxidation sites excluding steroid dienone is 2. The van der Waals surface area contributed by atoms with Gasteiger partial charge in [0.15, 0.2) is 0 Å². The van der Waals surface area contributed by atoms with Gasteiger partial charge in [0.25, 0.3) is 15.9 Å². The first-order chi connectivity index (χ1) is 14.9. The van der Waals surface area contributed by atoms with Gasteiger partial charge in [-0.3, -0.25) is 15.0 Å². The van der Waals surface area contributed by atoms with E-state index in [1.54, 1.807) is 47.5 Å². The first kappa shape index (κ1) is 22.2. The molecule has 0 radical (unpaired) electrons. The molecule has 9 nitrogen and oxygen atoms in total. The number of hydrogen-bond acceptors (Lipinski definition) is 6. The fourth-order valence-electron chi connectivity index (χ4n) is 2.83. The van der Waals surface area contributed by atoms with E-state index in [0.29, 0.717) is 17.8 Å². The highest BCUT2D eigenvalue weighted by atomic mass is 32.2. The van der Waals surface area contributed by atoms with Gasteiger partial charge in [-0.1, -0.05) is 36.4 Å². The van der Waals surface area contributed by atoms with Crippen LogP contribution in [-0.2, 0) is 26.2 Å². The van der Waals surface area contributed by atoms with E-state index in [-0.39, 0.29) is 23.9 Å². The van der Waals surface area contributed by atoms with Crippen molar-refractivity contribution < 1.29 is 18.0 Å². The molecule has 2 aromatic carbocycles. The lowest BCUT2D eigenvalue weighted by Crippen LogP contribution is -2.44. The SMILES string of the molecule is NCc1ccc(S(=O)(=O)NNC(=O)C2=CC=CN(CC(=O)Nc3ccccc3)C2)cc1. The Morgan fingerprint density at radius 3 is 2.42 bits per heavy atom. The Kier molecular flexibility index (Phi) is 7.19. The van der Waals surface area contributed by atoms with E-state index in [9.17, 15) is 18.0 Å². The summed E-state index contributed by atoms with van der Waals surface area (Å²) in [6.07, 6.45) is 4.87. The number of amides is 2. The summed E-state index contributed by atoms with van der Waals surface area (Å²) in [7, 11) is -3.93. The Morgan fingerprint density at radius 2 is 1.74 bits per heavy atom. The first-order valence-electron chi connectivity index (χ1n) is 9.45. The van der Waals surface area contributed by atoms with Gasteiger partial charge in [-0.25, -0.2) is 8.42 Å². The van der Waals surface area contributed by atoms with Crippen molar-refractivity contribution in [3.63, 3.8) is 0 Å². The summed E-state index contributed by atoms with van der Waals surface area (Å²) < 4.78 is 24.7. The number of benzene rings is 2. The minimum absolute atomic E-state index is 0.00160. The molecule has 0 aliphatic carbocycles. The first-order valence-corrected chi connectivity index (χ1v) is 10.9. The van der Waals surface area contributed by atoms with Crippen LogP contribution < -0.4 is 21.3 Å². The van der Waals surface area contributed by atoms with Crippen LogP contribution in [0.15, 0.2) is 83.4 Å². The van der Waals surface area contributed by atoms with Crippen molar-refractivity contribution in [1.29, 1.82) is 0 Å². The number of nitrogens with one attached hydrogen (secondary N) is 3. The Bertz CT molecular complexity index is 1100. The molecule has 0 aromatic heterocycles. The van der Waals surface area contributed by atoms with E-state index in [1.807, 2.05) is 18.2 Å². The van der Waals surface area contributed by atoms with E-state index in [4.69, 9.17) is 5.73 Å². The number of carbonyl (C=O) groups excluding carboxylic acids is 2. The van der Waals surface area contributed by atoms with Crippen molar-refractivity contribution in [2.45, 2.75) is 11.4 Å². The number of hydrazine groups is 1. The van der Waals surface area contributed by atoms with E-state index in [0.717, 1.165) is 5.56 Å². The molecule has 0 atom stereocenters. The molecule has 1 heterocycles. The summed E-state index contributed by atoms with van der Waals surface area (Å²) in [5.41, 5.74) is 9.48. The maximum atomic E-state index is 12.4. The van der Waals surface area contributed by atoms with Crippen LogP contribution in [-0.4, -0.2) is 38.2 Å². The zero-order valence-corrected chi connectivity index (χ0v) is 17.4. The molecule has 162 valence electrons. The predicted molar refractivity (Wildman–Crippen MR) is 117 cm³/mol. The van der Waals surface area contributed by atoms with Gasteiger partial charge < -0.3 is 16.0 Å². The number of anilines is 1. The minimum Gasteiger partial charge on any atom is -0.364 e. The van der Waals surface area contributed by atoms with Gasteiger partial charge in [-0.15, -0.1) is 4.83 Å².